The highest BCUT2D eigenvalue weighted by Gasteiger charge is 2.35. The maximum atomic E-state index is 3.62. The third-order valence-corrected chi connectivity index (χ3v) is 4.21. The molecule has 1 fully saturated rings. The molecule has 0 aliphatic heterocycles. The van der Waals surface area contributed by atoms with E-state index < -0.39 is 0 Å². The smallest absolute Gasteiger partial charge is 0.0598 e. The minimum absolute atomic E-state index is 0.465. The van der Waals surface area contributed by atoms with Crippen LogP contribution in [0.25, 0.3) is 10.9 Å². The van der Waals surface area contributed by atoms with Gasteiger partial charge in [-0.2, -0.15) is 0 Å². The van der Waals surface area contributed by atoms with E-state index in [1.807, 2.05) is 7.05 Å². The Morgan fingerprint density at radius 1 is 1.22 bits per heavy atom. The van der Waals surface area contributed by atoms with Gasteiger partial charge in [-0.3, -0.25) is 0 Å². The van der Waals surface area contributed by atoms with E-state index in [2.05, 4.69) is 46.1 Å². The normalized spacial score (nSPS) is 17.6. The Labute approximate surface area is 108 Å². The van der Waals surface area contributed by atoms with E-state index in [1.54, 1.807) is 0 Å². The third-order valence-electron chi connectivity index (χ3n) is 4.21. The van der Waals surface area contributed by atoms with Crippen molar-refractivity contribution in [3.63, 3.8) is 0 Å². The first-order valence-electron chi connectivity index (χ1n) is 6.78. The standard InChI is InChI=1S/C15H21N3/c1-16-10-15(7-4-8-15)11-18-14-9-17-13-6-3-2-5-12(13)14/h2-3,5-6,9,16-18H,4,7-8,10-11H2,1H3. The number of hydrogen-bond donors (Lipinski definition) is 3. The highest BCUT2D eigenvalue weighted by Crippen LogP contribution is 2.40. The lowest BCUT2D eigenvalue weighted by atomic mass is 9.68. The second-order valence-electron chi connectivity index (χ2n) is 5.49. The molecule has 1 heterocycles. The zero-order valence-corrected chi connectivity index (χ0v) is 10.9. The van der Waals surface area contributed by atoms with Crippen LogP contribution in [0, 0.1) is 5.41 Å². The van der Waals surface area contributed by atoms with E-state index in [0.29, 0.717) is 5.41 Å². The lowest BCUT2D eigenvalue weighted by molar-refractivity contribution is 0.151. The average Bonchev–Trinajstić information content (AvgIpc) is 2.76. The summed E-state index contributed by atoms with van der Waals surface area (Å²) in [5.74, 6) is 0. The maximum absolute atomic E-state index is 3.62. The monoisotopic (exact) mass is 243 g/mol. The fourth-order valence-corrected chi connectivity index (χ4v) is 2.97. The molecule has 3 rings (SSSR count). The Morgan fingerprint density at radius 3 is 2.78 bits per heavy atom. The Kier molecular flexibility index (Phi) is 3.00. The third kappa shape index (κ3) is 1.99. The Morgan fingerprint density at radius 2 is 2.06 bits per heavy atom. The largest absolute Gasteiger partial charge is 0.383 e. The van der Waals surface area contributed by atoms with Crippen molar-refractivity contribution in [2.24, 2.45) is 5.41 Å². The number of benzene rings is 1. The highest BCUT2D eigenvalue weighted by molar-refractivity contribution is 5.92. The van der Waals surface area contributed by atoms with Crippen molar-refractivity contribution in [1.82, 2.24) is 10.3 Å². The molecule has 3 nitrogen and oxygen atoms in total. The van der Waals surface area contributed by atoms with Crippen molar-refractivity contribution >= 4 is 16.6 Å². The van der Waals surface area contributed by atoms with Gasteiger partial charge in [-0.05, 0) is 26.0 Å². The molecule has 2 aromatic rings. The summed E-state index contributed by atoms with van der Waals surface area (Å²) in [4.78, 5) is 3.31. The van der Waals surface area contributed by atoms with Crippen LogP contribution in [0.2, 0.25) is 0 Å². The fraction of sp³-hybridized carbons (Fsp3) is 0.467. The summed E-state index contributed by atoms with van der Waals surface area (Å²) >= 11 is 0. The van der Waals surface area contributed by atoms with Crippen molar-refractivity contribution < 1.29 is 0 Å². The van der Waals surface area contributed by atoms with Crippen LogP contribution in [0.15, 0.2) is 30.5 Å². The lowest BCUT2D eigenvalue weighted by Crippen LogP contribution is -2.44. The van der Waals surface area contributed by atoms with Gasteiger partial charge in [0.1, 0.15) is 0 Å². The molecule has 1 aromatic carbocycles. The summed E-state index contributed by atoms with van der Waals surface area (Å²) in [6.07, 6.45) is 6.13. The van der Waals surface area contributed by atoms with E-state index in [9.17, 15) is 0 Å². The number of aromatic amines is 1. The van der Waals surface area contributed by atoms with E-state index in [-0.39, 0.29) is 0 Å². The van der Waals surface area contributed by atoms with Gasteiger partial charge in [0.15, 0.2) is 0 Å². The Bertz CT molecular complexity index is 525. The Balaban J connectivity index is 1.73. The number of fused-ring (bicyclic) bond motifs is 1. The predicted octanol–water partition coefficient (Wildman–Crippen LogP) is 2.97. The van der Waals surface area contributed by atoms with Crippen LogP contribution in [0.1, 0.15) is 19.3 Å². The van der Waals surface area contributed by atoms with Gasteiger partial charge in [0.25, 0.3) is 0 Å². The number of para-hydroxylation sites is 1. The molecule has 0 radical (unpaired) electrons. The van der Waals surface area contributed by atoms with Gasteiger partial charge in [-0.25, -0.2) is 0 Å². The van der Waals surface area contributed by atoms with Crippen molar-refractivity contribution in [2.75, 3.05) is 25.5 Å². The van der Waals surface area contributed by atoms with Crippen LogP contribution in [0.5, 0.6) is 0 Å². The van der Waals surface area contributed by atoms with Gasteiger partial charge in [-0.1, -0.05) is 24.6 Å². The number of rotatable bonds is 5. The summed E-state index contributed by atoms with van der Waals surface area (Å²) in [7, 11) is 2.05. The van der Waals surface area contributed by atoms with Gasteiger partial charge in [-0.15, -0.1) is 0 Å². The number of hydrogen-bond acceptors (Lipinski definition) is 2. The molecule has 1 aromatic heterocycles. The van der Waals surface area contributed by atoms with Crippen molar-refractivity contribution in [3.05, 3.63) is 30.5 Å². The van der Waals surface area contributed by atoms with Crippen molar-refractivity contribution in [3.8, 4) is 0 Å². The summed E-state index contributed by atoms with van der Waals surface area (Å²) < 4.78 is 0. The van der Waals surface area contributed by atoms with E-state index in [0.717, 1.165) is 13.1 Å². The molecule has 1 aliphatic rings. The second-order valence-corrected chi connectivity index (χ2v) is 5.49. The minimum atomic E-state index is 0.465. The van der Waals surface area contributed by atoms with Gasteiger partial charge in [0.05, 0.1) is 5.69 Å². The van der Waals surface area contributed by atoms with E-state index >= 15 is 0 Å². The first kappa shape index (κ1) is 11.6. The average molecular weight is 243 g/mol. The van der Waals surface area contributed by atoms with Gasteiger partial charge < -0.3 is 15.6 Å². The number of aromatic nitrogens is 1. The molecule has 96 valence electrons. The Hall–Kier alpha value is -1.48. The fourth-order valence-electron chi connectivity index (χ4n) is 2.97. The van der Waals surface area contributed by atoms with Crippen LogP contribution in [0.3, 0.4) is 0 Å². The topological polar surface area (TPSA) is 39.8 Å². The van der Waals surface area contributed by atoms with Crippen molar-refractivity contribution in [1.29, 1.82) is 0 Å². The number of anilines is 1. The van der Waals surface area contributed by atoms with Crippen LogP contribution in [0.4, 0.5) is 5.69 Å². The zero-order valence-electron chi connectivity index (χ0n) is 10.9. The molecule has 18 heavy (non-hydrogen) atoms. The number of H-pyrrole nitrogens is 1. The molecule has 0 saturated heterocycles. The summed E-state index contributed by atoms with van der Waals surface area (Å²) in [5.41, 5.74) is 2.90. The first-order chi connectivity index (χ1) is 8.83. The van der Waals surface area contributed by atoms with Gasteiger partial charge >= 0.3 is 0 Å². The molecular formula is C15H21N3. The van der Waals surface area contributed by atoms with Gasteiger partial charge in [0.2, 0.25) is 0 Å². The van der Waals surface area contributed by atoms with E-state index in [1.165, 1.54) is 35.9 Å². The van der Waals surface area contributed by atoms with E-state index in [4.69, 9.17) is 0 Å². The summed E-state index contributed by atoms with van der Waals surface area (Å²) in [6.45, 7) is 2.18. The molecule has 0 amide bonds. The highest BCUT2D eigenvalue weighted by atomic mass is 14.9. The molecular weight excluding hydrogens is 222 g/mol. The van der Waals surface area contributed by atoms with Gasteiger partial charge in [0, 0.05) is 35.6 Å². The van der Waals surface area contributed by atoms with Crippen LogP contribution in [-0.2, 0) is 0 Å². The van der Waals surface area contributed by atoms with Crippen LogP contribution < -0.4 is 10.6 Å². The van der Waals surface area contributed by atoms with Crippen LogP contribution >= 0.6 is 0 Å². The van der Waals surface area contributed by atoms with Crippen LogP contribution in [-0.4, -0.2) is 25.1 Å². The minimum Gasteiger partial charge on any atom is -0.383 e. The zero-order chi connectivity index (χ0) is 12.4. The maximum Gasteiger partial charge on any atom is 0.0598 e. The molecule has 1 saturated carbocycles. The summed E-state index contributed by atoms with van der Waals surface area (Å²) in [6, 6.07) is 8.44. The molecule has 1 aliphatic carbocycles. The van der Waals surface area contributed by atoms with Crippen molar-refractivity contribution in [2.45, 2.75) is 19.3 Å². The molecule has 3 heteroatoms. The second kappa shape index (κ2) is 4.65. The molecule has 0 unspecified atom stereocenters. The number of nitrogens with one attached hydrogen (secondary N) is 3. The first-order valence-corrected chi connectivity index (χ1v) is 6.78. The summed E-state index contributed by atoms with van der Waals surface area (Å²) in [5, 5.41) is 8.24. The molecule has 0 bridgehead atoms. The quantitative estimate of drug-likeness (QED) is 0.755. The molecule has 3 N–H and O–H groups in total. The molecule has 0 spiro atoms. The lowest BCUT2D eigenvalue weighted by Gasteiger charge is -2.42. The predicted molar refractivity (Wildman–Crippen MR) is 77.0 cm³/mol. The molecule has 0 atom stereocenters. The SMILES string of the molecule is CNCC1(CNc2c[nH]c3ccccc23)CCC1.